The molecule has 142 valence electrons. The molecule has 0 aliphatic rings. The molecule has 0 spiro atoms. The van der Waals surface area contributed by atoms with Crippen LogP contribution >= 0.6 is 22.7 Å². The summed E-state index contributed by atoms with van der Waals surface area (Å²) < 4.78 is 26.4. The monoisotopic (exact) mass is 409 g/mol. The number of ether oxygens (including phenoxy) is 2. The zero-order valence-electron chi connectivity index (χ0n) is 14.6. The summed E-state index contributed by atoms with van der Waals surface area (Å²) in [5.41, 5.74) is 0.926. The Morgan fingerprint density at radius 1 is 1.26 bits per heavy atom. The predicted octanol–water partition coefficient (Wildman–Crippen LogP) is 3.49. The van der Waals surface area contributed by atoms with Crippen molar-refractivity contribution >= 4 is 44.7 Å². The highest BCUT2D eigenvalue weighted by Crippen LogP contribution is 2.34. The predicted molar refractivity (Wildman–Crippen MR) is 101 cm³/mol. The molecule has 0 aliphatic carbocycles. The standard InChI is InChI=1S/C18H16FNO5S2/c1-3-24-17(22)16-11(15-12(19)5-4-6-13(15)27-16)8-25-14(21)7-20-10(2)9-26-18(20)23/h4-6,9H,3,7-8H2,1-2H3. The Morgan fingerprint density at radius 2 is 2.04 bits per heavy atom. The van der Waals surface area contributed by atoms with Gasteiger partial charge in [-0.25, -0.2) is 9.18 Å². The number of halogens is 1. The fourth-order valence-corrected chi connectivity index (χ4v) is 4.44. The van der Waals surface area contributed by atoms with E-state index in [9.17, 15) is 18.8 Å². The maximum absolute atomic E-state index is 14.3. The van der Waals surface area contributed by atoms with Crippen molar-refractivity contribution in [2.24, 2.45) is 0 Å². The highest BCUT2D eigenvalue weighted by molar-refractivity contribution is 7.21. The fourth-order valence-electron chi connectivity index (χ4n) is 2.59. The second-order valence-corrected chi connectivity index (χ2v) is 7.51. The maximum Gasteiger partial charge on any atom is 0.348 e. The minimum atomic E-state index is -0.649. The topological polar surface area (TPSA) is 74.6 Å². The quantitative estimate of drug-likeness (QED) is 0.583. The van der Waals surface area contributed by atoms with E-state index in [2.05, 4.69) is 0 Å². The van der Waals surface area contributed by atoms with Gasteiger partial charge in [0.1, 0.15) is 23.8 Å². The molecule has 6 nitrogen and oxygen atoms in total. The third kappa shape index (κ3) is 3.93. The third-order valence-corrected chi connectivity index (χ3v) is 5.92. The first kappa shape index (κ1) is 19.2. The van der Waals surface area contributed by atoms with Crippen LogP contribution in [0.5, 0.6) is 0 Å². The summed E-state index contributed by atoms with van der Waals surface area (Å²) in [4.78, 5) is 36.0. The van der Waals surface area contributed by atoms with E-state index in [0.717, 1.165) is 22.7 Å². The lowest BCUT2D eigenvalue weighted by molar-refractivity contribution is -0.145. The summed E-state index contributed by atoms with van der Waals surface area (Å²) in [6, 6.07) is 4.51. The molecule has 0 saturated heterocycles. The molecule has 0 atom stereocenters. The van der Waals surface area contributed by atoms with Crippen molar-refractivity contribution in [1.29, 1.82) is 0 Å². The largest absolute Gasteiger partial charge is 0.462 e. The molecule has 27 heavy (non-hydrogen) atoms. The molecule has 0 bridgehead atoms. The highest BCUT2D eigenvalue weighted by atomic mass is 32.1. The summed E-state index contributed by atoms with van der Waals surface area (Å²) in [5.74, 6) is -1.74. The van der Waals surface area contributed by atoms with Crippen molar-refractivity contribution in [3.05, 3.63) is 55.2 Å². The number of hydrogen-bond donors (Lipinski definition) is 0. The van der Waals surface area contributed by atoms with Gasteiger partial charge in [-0.05, 0) is 26.0 Å². The zero-order valence-corrected chi connectivity index (χ0v) is 16.2. The number of thiazole rings is 1. The molecule has 0 saturated carbocycles. The van der Waals surface area contributed by atoms with E-state index in [1.54, 1.807) is 31.4 Å². The molecule has 2 aromatic heterocycles. The Balaban J connectivity index is 1.87. The molecule has 3 aromatic rings. The van der Waals surface area contributed by atoms with Crippen LogP contribution < -0.4 is 4.87 Å². The lowest BCUT2D eigenvalue weighted by Crippen LogP contribution is -2.22. The van der Waals surface area contributed by atoms with Gasteiger partial charge in [0.2, 0.25) is 0 Å². The average molecular weight is 409 g/mol. The molecule has 0 amide bonds. The first-order valence-corrected chi connectivity index (χ1v) is 9.79. The number of aryl methyl sites for hydroxylation is 1. The molecule has 3 rings (SSSR count). The number of hydrogen-bond acceptors (Lipinski definition) is 7. The number of thiophene rings is 1. The molecule has 1 aromatic carbocycles. The summed E-state index contributed by atoms with van der Waals surface area (Å²) in [5, 5.41) is 1.89. The van der Waals surface area contributed by atoms with Gasteiger partial charge in [-0.1, -0.05) is 17.4 Å². The number of benzene rings is 1. The van der Waals surface area contributed by atoms with Crippen LogP contribution in [-0.2, 0) is 27.4 Å². The lowest BCUT2D eigenvalue weighted by Gasteiger charge is -2.08. The van der Waals surface area contributed by atoms with Gasteiger partial charge >= 0.3 is 16.8 Å². The first-order chi connectivity index (χ1) is 12.9. The molecule has 0 radical (unpaired) electrons. The van der Waals surface area contributed by atoms with Crippen molar-refractivity contribution in [3.63, 3.8) is 0 Å². The van der Waals surface area contributed by atoms with Crippen LogP contribution in [0.25, 0.3) is 10.1 Å². The summed E-state index contributed by atoms with van der Waals surface area (Å²) in [6.45, 7) is 3.03. The Morgan fingerprint density at radius 3 is 2.70 bits per heavy atom. The number of rotatable bonds is 6. The first-order valence-electron chi connectivity index (χ1n) is 8.10. The van der Waals surface area contributed by atoms with E-state index < -0.39 is 17.8 Å². The molecule has 0 aliphatic heterocycles. The van der Waals surface area contributed by atoms with Crippen LogP contribution in [0.15, 0.2) is 28.4 Å². The number of carbonyl (C=O) groups excluding carboxylic acids is 2. The zero-order chi connectivity index (χ0) is 19.6. The summed E-state index contributed by atoms with van der Waals surface area (Å²) in [6.07, 6.45) is 0. The van der Waals surface area contributed by atoms with E-state index in [0.29, 0.717) is 10.4 Å². The normalized spacial score (nSPS) is 10.9. The van der Waals surface area contributed by atoms with Gasteiger partial charge in [0.05, 0.1) is 6.61 Å². The lowest BCUT2D eigenvalue weighted by atomic mass is 10.1. The Hall–Kier alpha value is -2.52. The molecule has 0 unspecified atom stereocenters. The van der Waals surface area contributed by atoms with E-state index in [-0.39, 0.29) is 40.5 Å². The third-order valence-electron chi connectivity index (χ3n) is 3.87. The number of fused-ring (bicyclic) bond motifs is 1. The van der Waals surface area contributed by atoms with Crippen LogP contribution in [0.3, 0.4) is 0 Å². The van der Waals surface area contributed by atoms with E-state index >= 15 is 0 Å². The Kier molecular flexibility index (Phi) is 5.71. The van der Waals surface area contributed by atoms with Gasteiger partial charge in [0.15, 0.2) is 0 Å². The van der Waals surface area contributed by atoms with Crippen LogP contribution in [0, 0.1) is 12.7 Å². The highest BCUT2D eigenvalue weighted by Gasteiger charge is 2.23. The van der Waals surface area contributed by atoms with Crippen molar-refractivity contribution in [3.8, 4) is 0 Å². The van der Waals surface area contributed by atoms with E-state index in [1.807, 2.05) is 0 Å². The SMILES string of the molecule is CCOC(=O)c1sc2cccc(F)c2c1COC(=O)Cn1c(C)csc1=O. The molecule has 0 fully saturated rings. The summed E-state index contributed by atoms with van der Waals surface area (Å²) in [7, 11) is 0. The Bertz CT molecular complexity index is 1070. The number of nitrogens with zero attached hydrogens (tertiary/aromatic N) is 1. The van der Waals surface area contributed by atoms with Crippen LogP contribution in [0.2, 0.25) is 0 Å². The fraction of sp³-hybridized carbons (Fsp3) is 0.278. The van der Waals surface area contributed by atoms with Gasteiger partial charge in [-0.2, -0.15) is 0 Å². The van der Waals surface area contributed by atoms with Gasteiger partial charge in [-0.3, -0.25) is 14.2 Å². The van der Waals surface area contributed by atoms with Crippen molar-refractivity contribution in [2.45, 2.75) is 27.0 Å². The van der Waals surface area contributed by atoms with Crippen molar-refractivity contribution in [1.82, 2.24) is 4.57 Å². The van der Waals surface area contributed by atoms with Gasteiger partial charge in [0.25, 0.3) is 0 Å². The van der Waals surface area contributed by atoms with Crippen LogP contribution in [-0.4, -0.2) is 23.1 Å². The molecular weight excluding hydrogens is 393 g/mol. The molecule has 0 N–H and O–H groups in total. The molecular formula is C18H16FNO5S2. The molecule has 9 heteroatoms. The van der Waals surface area contributed by atoms with Crippen LogP contribution in [0.1, 0.15) is 27.9 Å². The van der Waals surface area contributed by atoms with Crippen molar-refractivity contribution in [2.75, 3.05) is 6.61 Å². The number of carbonyl (C=O) groups is 2. The van der Waals surface area contributed by atoms with E-state index in [4.69, 9.17) is 9.47 Å². The van der Waals surface area contributed by atoms with Crippen LogP contribution in [0.4, 0.5) is 4.39 Å². The maximum atomic E-state index is 14.3. The Labute approximate surface area is 161 Å². The minimum Gasteiger partial charge on any atom is -0.462 e. The van der Waals surface area contributed by atoms with E-state index in [1.165, 1.54) is 10.6 Å². The summed E-state index contributed by atoms with van der Waals surface area (Å²) >= 11 is 2.08. The molecule has 2 heterocycles. The van der Waals surface area contributed by atoms with Gasteiger partial charge in [-0.15, -0.1) is 11.3 Å². The number of aromatic nitrogens is 1. The van der Waals surface area contributed by atoms with Gasteiger partial charge in [0, 0.05) is 26.7 Å². The average Bonchev–Trinajstić information content (AvgIpc) is 3.16. The van der Waals surface area contributed by atoms with Crippen molar-refractivity contribution < 1.29 is 23.5 Å². The second-order valence-electron chi connectivity index (χ2n) is 5.63. The second kappa shape index (κ2) is 8.01. The minimum absolute atomic E-state index is 0.176. The smallest absolute Gasteiger partial charge is 0.348 e. The number of esters is 2. The van der Waals surface area contributed by atoms with Gasteiger partial charge < -0.3 is 9.47 Å².